The summed E-state index contributed by atoms with van der Waals surface area (Å²) >= 11 is 0. The minimum absolute atomic E-state index is 0.0203. The summed E-state index contributed by atoms with van der Waals surface area (Å²) in [5, 5.41) is 11.3. The van der Waals surface area contributed by atoms with Crippen molar-refractivity contribution in [2.45, 2.75) is 38.8 Å². The average Bonchev–Trinajstić information content (AvgIpc) is 3.36. The van der Waals surface area contributed by atoms with Crippen LogP contribution in [-0.4, -0.2) is 22.4 Å². The Bertz CT molecular complexity index is 969. The first-order valence-electron chi connectivity index (χ1n) is 9.24. The Morgan fingerprint density at radius 3 is 2.93 bits per heavy atom. The van der Waals surface area contributed by atoms with E-state index in [-0.39, 0.29) is 18.2 Å². The molecule has 7 nitrogen and oxygen atoms in total. The van der Waals surface area contributed by atoms with Gasteiger partial charge >= 0.3 is 6.03 Å². The van der Waals surface area contributed by atoms with Gasteiger partial charge in [-0.1, -0.05) is 18.2 Å². The zero-order valence-electron chi connectivity index (χ0n) is 15.8. The van der Waals surface area contributed by atoms with Gasteiger partial charge in [-0.25, -0.2) is 4.79 Å². The highest BCUT2D eigenvalue weighted by Crippen LogP contribution is 2.30. The molecule has 2 aromatic heterocycles. The third kappa shape index (κ3) is 3.42. The minimum atomic E-state index is -0.302. The van der Waals surface area contributed by atoms with Gasteiger partial charge < -0.3 is 14.5 Å². The molecule has 0 aliphatic carbocycles. The van der Waals surface area contributed by atoms with Crippen LogP contribution >= 0.6 is 0 Å². The van der Waals surface area contributed by atoms with Crippen LogP contribution in [0.4, 0.5) is 10.6 Å². The number of amides is 2. The van der Waals surface area contributed by atoms with E-state index in [4.69, 9.17) is 9.15 Å². The predicted octanol–water partition coefficient (Wildman–Crippen LogP) is 4.21. The van der Waals surface area contributed by atoms with Crippen molar-refractivity contribution < 1.29 is 13.9 Å². The SMILES string of the molecule is Cc1c([C@@H](C)NC(=O)Nc2cc(C3CCCO3)nn2C)oc2ccccc12. The van der Waals surface area contributed by atoms with Crippen molar-refractivity contribution in [2.24, 2.45) is 7.05 Å². The number of urea groups is 1. The summed E-state index contributed by atoms with van der Waals surface area (Å²) in [5.41, 5.74) is 2.72. The molecule has 0 spiro atoms. The number of nitrogens with one attached hydrogen (secondary N) is 2. The molecule has 0 radical (unpaired) electrons. The molecule has 2 atom stereocenters. The van der Waals surface area contributed by atoms with E-state index in [0.29, 0.717) is 5.82 Å². The van der Waals surface area contributed by atoms with E-state index in [2.05, 4.69) is 15.7 Å². The van der Waals surface area contributed by atoms with Crippen LogP contribution in [0, 0.1) is 6.92 Å². The summed E-state index contributed by atoms with van der Waals surface area (Å²) in [7, 11) is 1.81. The van der Waals surface area contributed by atoms with Crippen LogP contribution in [-0.2, 0) is 11.8 Å². The quantitative estimate of drug-likeness (QED) is 0.723. The highest BCUT2D eigenvalue weighted by atomic mass is 16.5. The number of anilines is 1. The molecule has 2 N–H and O–H groups in total. The van der Waals surface area contributed by atoms with Crippen molar-refractivity contribution in [2.75, 3.05) is 11.9 Å². The zero-order valence-corrected chi connectivity index (χ0v) is 15.8. The summed E-state index contributed by atoms with van der Waals surface area (Å²) < 4.78 is 13.3. The van der Waals surface area contributed by atoms with E-state index in [1.165, 1.54) is 0 Å². The third-order valence-electron chi connectivity index (χ3n) is 5.02. The van der Waals surface area contributed by atoms with E-state index in [1.807, 2.05) is 44.2 Å². The molecule has 1 aromatic carbocycles. The van der Waals surface area contributed by atoms with E-state index in [0.717, 1.165) is 47.4 Å². The average molecular weight is 368 g/mol. The molecule has 0 bridgehead atoms. The molecule has 1 saturated heterocycles. The molecular formula is C20H24N4O3. The van der Waals surface area contributed by atoms with Gasteiger partial charge in [-0.2, -0.15) is 5.10 Å². The molecule has 7 heteroatoms. The molecule has 1 aliphatic rings. The first-order chi connectivity index (χ1) is 13.0. The predicted molar refractivity (Wildman–Crippen MR) is 103 cm³/mol. The number of furan rings is 1. The maximum Gasteiger partial charge on any atom is 0.320 e. The van der Waals surface area contributed by atoms with Crippen LogP contribution in [0.5, 0.6) is 0 Å². The van der Waals surface area contributed by atoms with Crippen molar-refractivity contribution in [3.05, 3.63) is 47.3 Å². The molecule has 0 saturated carbocycles. The van der Waals surface area contributed by atoms with Gasteiger partial charge in [0.05, 0.1) is 11.7 Å². The fraction of sp³-hybridized carbons (Fsp3) is 0.400. The minimum Gasteiger partial charge on any atom is -0.459 e. The molecule has 142 valence electrons. The third-order valence-corrected chi connectivity index (χ3v) is 5.02. The number of benzene rings is 1. The molecule has 27 heavy (non-hydrogen) atoms. The Morgan fingerprint density at radius 2 is 2.19 bits per heavy atom. The highest BCUT2D eigenvalue weighted by Gasteiger charge is 2.23. The number of aryl methyl sites for hydroxylation is 2. The lowest BCUT2D eigenvalue weighted by atomic mass is 10.1. The van der Waals surface area contributed by atoms with Gasteiger partial charge in [-0.05, 0) is 32.8 Å². The van der Waals surface area contributed by atoms with Gasteiger partial charge in [0.25, 0.3) is 0 Å². The lowest BCUT2D eigenvalue weighted by molar-refractivity contribution is 0.108. The normalized spacial score (nSPS) is 18.0. The largest absolute Gasteiger partial charge is 0.459 e. The van der Waals surface area contributed by atoms with E-state index in [1.54, 1.807) is 11.7 Å². The molecule has 1 fully saturated rings. The monoisotopic (exact) mass is 368 g/mol. The number of aromatic nitrogens is 2. The Kier molecular flexibility index (Phi) is 4.61. The number of carbonyl (C=O) groups excluding carboxylic acids is 1. The second-order valence-electron chi connectivity index (χ2n) is 6.99. The Morgan fingerprint density at radius 1 is 1.37 bits per heavy atom. The van der Waals surface area contributed by atoms with E-state index < -0.39 is 0 Å². The zero-order chi connectivity index (χ0) is 19.0. The summed E-state index contributed by atoms with van der Waals surface area (Å²) in [6.07, 6.45) is 2.02. The van der Waals surface area contributed by atoms with Gasteiger partial charge in [0.1, 0.15) is 23.3 Å². The van der Waals surface area contributed by atoms with Gasteiger partial charge in [0.2, 0.25) is 0 Å². The lowest BCUT2D eigenvalue weighted by Crippen LogP contribution is -2.31. The van der Waals surface area contributed by atoms with Crippen LogP contribution < -0.4 is 10.6 Å². The number of ether oxygens (including phenoxy) is 1. The van der Waals surface area contributed by atoms with Gasteiger partial charge in [-0.3, -0.25) is 10.00 Å². The Labute approximate surface area is 157 Å². The first kappa shape index (κ1) is 17.6. The topological polar surface area (TPSA) is 81.3 Å². The number of hydrogen-bond donors (Lipinski definition) is 2. The maximum absolute atomic E-state index is 12.5. The Hall–Kier alpha value is -2.80. The summed E-state index contributed by atoms with van der Waals surface area (Å²) in [4.78, 5) is 12.5. The summed E-state index contributed by atoms with van der Waals surface area (Å²) in [6.45, 7) is 4.68. The molecule has 1 unspecified atom stereocenters. The number of rotatable bonds is 4. The fourth-order valence-electron chi connectivity index (χ4n) is 3.60. The van der Waals surface area contributed by atoms with E-state index >= 15 is 0 Å². The Balaban J connectivity index is 1.45. The van der Waals surface area contributed by atoms with Crippen molar-refractivity contribution in [3.63, 3.8) is 0 Å². The van der Waals surface area contributed by atoms with E-state index in [9.17, 15) is 4.79 Å². The number of nitrogens with zero attached hydrogens (tertiary/aromatic N) is 2. The van der Waals surface area contributed by atoms with Crippen LogP contribution in [0.2, 0.25) is 0 Å². The van der Waals surface area contributed by atoms with Crippen molar-refractivity contribution in [3.8, 4) is 0 Å². The molecule has 1 aliphatic heterocycles. The van der Waals surface area contributed by atoms with Crippen LogP contribution in [0.25, 0.3) is 11.0 Å². The van der Waals surface area contributed by atoms with Gasteiger partial charge in [-0.15, -0.1) is 0 Å². The van der Waals surface area contributed by atoms with Gasteiger partial charge in [0.15, 0.2) is 0 Å². The van der Waals surface area contributed by atoms with Crippen LogP contribution in [0.1, 0.15) is 48.9 Å². The second kappa shape index (κ2) is 7.08. The molecule has 3 heterocycles. The number of para-hydroxylation sites is 1. The number of hydrogen-bond acceptors (Lipinski definition) is 4. The van der Waals surface area contributed by atoms with Crippen molar-refractivity contribution in [1.29, 1.82) is 0 Å². The lowest BCUT2D eigenvalue weighted by Gasteiger charge is -2.13. The van der Waals surface area contributed by atoms with Gasteiger partial charge in [0, 0.05) is 30.7 Å². The standard InChI is InChI=1S/C20H24N4O3/c1-12-14-7-4-5-8-16(14)27-19(12)13(2)21-20(25)22-18-11-15(23-24(18)3)17-9-6-10-26-17/h4-5,7-8,11,13,17H,6,9-10H2,1-3H3,(H2,21,22,25)/t13-,17?/m1/s1. The number of carbonyl (C=O) groups is 1. The maximum atomic E-state index is 12.5. The second-order valence-corrected chi connectivity index (χ2v) is 6.99. The summed E-state index contributed by atoms with van der Waals surface area (Å²) in [6, 6.07) is 9.18. The molecule has 4 rings (SSSR count). The fourth-order valence-corrected chi connectivity index (χ4v) is 3.60. The van der Waals surface area contributed by atoms with Crippen molar-refractivity contribution >= 4 is 22.8 Å². The smallest absolute Gasteiger partial charge is 0.320 e. The van der Waals surface area contributed by atoms with Crippen LogP contribution in [0.3, 0.4) is 0 Å². The summed E-state index contributed by atoms with van der Waals surface area (Å²) in [5.74, 6) is 1.39. The number of fused-ring (bicyclic) bond motifs is 1. The molecule has 3 aromatic rings. The molecule has 2 amide bonds. The first-order valence-corrected chi connectivity index (χ1v) is 9.24. The van der Waals surface area contributed by atoms with Crippen molar-refractivity contribution in [1.82, 2.24) is 15.1 Å². The highest BCUT2D eigenvalue weighted by molar-refractivity contribution is 5.89. The molecular weight excluding hydrogens is 344 g/mol. The van der Waals surface area contributed by atoms with Crippen LogP contribution in [0.15, 0.2) is 34.7 Å².